The molecule has 0 aliphatic carbocycles. The summed E-state index contributed by atoms with van der Waals surface area (Å²) >= 11 is 5.41. The highest BCUT2D eigenvalue weighted by Crippen LogP contribution is 2.29. The molecule has 2 saturated heterocycles. The van der Waals surface area contributed by atoms with Crippen molar-refractivity contribution in [1.29, 1.82) is 0 Å². The number of piperidine rings is 2. The third-order valence-electron chi connectivity index (χ3n) is 5.54. The molecule has 6 nitrogen and oxygen atoms in total. The standard InChI is InChI=1S/C20H34N6S/c1-4-10-21-20(27)24-19-22-17(25-11-7-8-15(2)14-25)13-18(23-19)26-12-6-5-9-16(26)3/h13,15-16H,4-12,14H2,1-3H3,(H2,21,22,23,24,27)/t15-,16+/m1/s1. The van der Waals surface area contributed by atoms with Crippen LogP contribution >= 0.6 is 12.2 Å². The normalized spacial score (nSPS) is 23.2. The SMILES string of the molecule is CCCNC(=S)Nc1nc(N2CCC[C@@H](C)C2)cc(N2CCCC[C@@H]2C)n1. The Balaban J connectivity index is 1.86. The van der Waals surface area contributed by atoms with Crippen LogP contribution in [-0.2, 0) is 0 Å². The second-order valence-corrected chi connectivity index (χ2v) is 8.43. The van der Waals surface area contributed by atoms with Gasteiger partial charge in [0, 0.05) is 38.3 Å². The fourth-order valence-corrected chi connectivity index (χ4v) is 4.20. The van der Waals surface area contributed by atoms with Crippen molar-refractivity contribution >= 4 is 34.9 Å². The van der Waals surface area contributed by atoms with Crippen LogP contribution in [0.3, 0.4) is 0 Å². The highest BCUT2D eigenvalue weighted by Gasteiger charge is 2.24. The predicted octanol–water partition coefficient (Wildman–Crippen LogP) is 3.79. The van der Waals surface area contributed by atoms with Gasteiger partial charge in [-0.15, -0.1) is 0 Å². The molecule has 2 N–H and O–H groups in total. The lowest BCUT2D eigenvalue weighted by Gasteiger charge is -2.36. The van der Waals surface area contributed by atoms with Crippen molar-refractivity contribution in [1.82, 2.24) is 15.3 Å². The number of thiocarbonyl (C=S) groups is 1. The van der Waals surface area contributed by atoms with Crippen LogP contribution in [0.2, 0.25) is 0 Å². The van der Waals surface area contributed by atoms with Crippen molar-refractivity contribution in [3.63, 3.8) is 0 Å². The molecule has 0 amide bonds. The van der Waals surface area contributed by atoms with Crippen molar-refractivity contribution in [2.45, 2.75) is 65.3 Å². The first-order valence-corrected chi connectivity index (χ1v) is 10.9. The second kappa shape index (κ2) is 9.53. The molecule has 1 aromatic rings. The molecule has 2 aliphatic rings. The Hall–Kier alpha value is -1.63. The average molecular weight is 391 g/mol. The summed E-state index contributed by atoms with van der Waals surface area (Å²) in [6.07, 6.45) is 7.30. The monoisotopic (exact) mass is 390 g/mol. The predicted molar refractivity (Wildman–Crippen MR) is 118 cm³/mol. The molecular formula is C20H34N6S. The topological polar surface area (TPSA) is 56.3 Å². The van der Waals surface area contributed by atoms with E-state index in [0.717, 1.165) is 44.2 Å². The first kappa shape index (κ1) is 20.1. The largest absolute Gasteiger partial charge is 0.362 e. The van der Waals surface area contributed by atoms with Crippen molar-refractivity contribution < 1.29 is 0 Å². The third kappa shape index (κ3) is 5.43. The van der Waals surface area contributed by atoms with Crippen molar-refractivity contribution in [2.75, 3.05) is 41.3 Å². The van der Waals surface area contributed by atoms with Gasteiger partial charge in [0.05, 0.1) is 0 Å². The molecule has 3 heterocycles. The smallest absolute Gasteiger partial charge is 0.232 e. The van der Waals surface area contributed by atoms with Gasteiger partial charge in [0.1, 0.15) is 11.6 Å². The van der Waals surface area contributed by atoms with E-state index in [9.17, 15) is 0 Å². The highest BCUT2D eigenvalue weighted by molar-refractivity contribution is 7.80. The van der Waals surface area contributed by atoms with Gasteiger partial charge in [0.2, 0.25) is 5.95 Å². The third-order valence-corrected chi connectivity index (χ3v) is 5.78. The summed E-state index contributed by atoms with van der Waals surface area (Å²) in [6.45, 7) is 10.8. The molecule has 2 aliphatic heterocycles. The van der Waals surface area contributed by atoms with Gasteiger partial charge in [-0.2, -0.15) is 9.97 Å². The molecule has 27 heavy (non-hydrogen) atoms. The number of hydrogen-bond donors (Lipinski definition) is 2. The molecule has 2 fully saturated rings. The Morgan fingerprint density at radius 2 is 1.96 bits per heavy atom. The summed E-state index contributed by atoms with van der Waals surface area (Å²) in [7, 11) is 0. The van der Waals surface area contributed by atoms with Crippen molar-refractivity contribution in [2.24, 2.45) is 5.92 Å². The molecule has 150 valence electrons. The van der Waals surface area contributed by atoms with E-state index in [1.165, 1.54) is 32.1 Å². The molecule has 0 saturated carbocycles. The van der Waals surface area contributed by atoms with Crippen LogP contribution in [0.1, 0.15) is 59.3 Å². The molecule has 0 aromatic carbocycles. The van der Waals surface area contributed by atoms with E-state index >= 15 is 0 Å². The molecule has 0 unspecified atom stereocenters. The van der Waals surface area contributed by atoms with Crippen LogP contribution in [0.15, 0.2) is 6.07 Å². The van der Waals surface area contributed by atoms with E-state index in [-0.39, 0.29) is 0 Å². The molecule has 3 rings (SSSR count). The maximum absolute atomic E-state index is 5.41. The minimum Gasteiger partial charge on any atom is -0.362 e. The van der Waals surface area contributed by atoms with Crippen LogP contribution in [0.5, 0.6) is 0 Å². The van der Waals surface area contributed by atoms with Gasteiger partial charge in [-0.25, -0.2) is 0 Å². The zero-order valence-electron chi connectivity index (χ0n) is 17.0. The lowest BCUT2D eigenvalue weighted by atomic mass is 10.0. The molecular weight excluding hydrogens is 356 g/mol. The summed E-state index contributed by atoms with van der Waals surface area (Å²) in [6, 6.07) is 2.69. The Labute approximate surface area is 169 Å². The van der Waals surface area contributed by atoms with Crippen molar-refractivity contribution in [3.8, 4) is 0 Å². The van der Waals surface area contributed by atoms with Gasteiger partial charge in [-0.3, -0.25) is 0 Å². The van der Waals surface area contributed by atoms with Gasteiger partial charge >= 0.3 is 0 Å². The van der Waals surface area contributed by atoms with Crippen LogP contribution in [0, 0.1) is 5.92 Å². The van der Waals surface area contributed by atoms with Gasteiger partial charge in [0.15, 0.2) is 5.11 Å². The number of anilines is 3. The maximum Gasteiger partial charge on any atom is 0.232 e. The van der Waals surface area contributed by atoms with E-state index in [4.69, 9.17) is 22.2 Å². The number of aromatic nitrogens is 2. The van der Waals surface area contributed by atoms with Crippen LogP contribution < -0.4 is 20.4 Å². The van der Waals surface area contributed by atoms with E-state index in [0.29, 0.717) is 23.0 Å². The van der Waals surface area contributed by atoms with E-state index < -0.39 is 0 Å². The minimum atomic E-state index is 0.514. The van der Waals surface area contributed by atoms with Crippen LogP contribution in [0.25, 0.3) is 0 Å². The molecule has 0 bridgehead atoms. The average Bonchev–Trinajstić information content (AvgIpc) is 2.66. The summed E-state index contributed by atoms with van der Waals surface area (Å²) in [5.41, 5.74) is 0. The summed E-state index contributed by atoms with van der Waals surface area (Å²) in [4.78, 5) is 14.5. The number of nitrogens with one attached hydrogen (secondary N) is 2. The first-order chi connectivity index (χ1) is 13.1. The molecule has 1 aromatic heterocycles. The number of hydrogen-bond acceptors (Lipinski definition) is 5. The van der Waals surface area contributed by atoms with Gasteiger partial charge in [0.25, 0.3) is 0 Å². The molecule has 2 atom stereocenters. The Bertz CT molecular complexity index is 637. The molecule has 7 heteroatoms. The van der Waals surface area contributed by atoms with Crippen molar-refractivity contribution in [3.05, 3.63) is 6.07 Å². The first-order valence-electron chi connectivity index (χ1n) is 10.5. The van der Waals surface area contributed by atoms with Gasteiger partial charge in [-0.05, 0) is 63.6 Å². The summed E-state index contributed by atoms with van der Waals surface area (Å²) < 4.78 is 0. The van der Waals surface area contributed by atoms with Gasteiger partial charge in [-0.1, -0.05) is 13.8 Å². The van der Waals surface area contributed by atoms with Crippen LogP contribution in [-0.4, -0.2) is 47.3 Å². The Morgan fingerprint density at radius 1 is 1.15 bits per heavy atom. The zero-order chi connectivity index (χ0) is 19.2. The Morgan fingerprint density at radius 3 is 2.70 bits per heavy atom. The fourth-order valence-electron chi connectivity index (χ4n) is 4.01. The van der Waals surface area contributed by atoms with E-state index in [2.05, 4.69) is 47.3 Å². The summed E-state index contributed by atoms with van der Waals surface area (Å²) in [5, 5.41) is 7.01. The zero-order valence-corrected chi connectivity index (χ0v) is 17.8. The molecule has 0 spiro atoms. The van der Waals surface area contributed by atoms with Gasteiger partial charge < -0.3 is 20.4 Å². The lowest BCUT2D eigenvalue weighted by molar-refractivity contribution is 0.444. The minimum absolute atomic E-state index is 0.514. The summed E-state index contributed by atoms with van der Waals surface area (Å²) in [5.74, 6) is 3.35. The number of nitrogens with zero attached hydrogens (tertiary/aromatic N) is 4. The Kier molecular flexibility index (Phi) is 7.10. The quantitative estimate of drug-likeness (QED) is 0.742. The molecule has 0 radical (unpaired) electrons. The fraction of sp³-hybridized carbons (Fsp3) is 0.750. The second-order valence-electron chi connectivity index (χ2n) is 8.02. The number of rotatable bonds is 5. The highest BCUT2D eigenvalue weighted by atomic mass is 32.1. The maximum atomic E-state index is 5.41. The lowest BCUT2D eigenvalue weighted by Crippen LogP contribution is -2.39. The van der Waals surface area contributed by atoms with E-state index in [1.807, 2.05) is 0 Å². The van der Waals surface area contributed by atoms with Crippen LogP contribution in [0.4, 0.5) is 17.6 Å². The van der Waals surface area contributed by atoms with E-state index in [1.54, 1.807) is 0 Å².